The van der Waals surface area contributed by atoms with Crippen LogP contribution in [0.15, 0.2) is 12.4 Å². The molecule has 3 heterocycles. The second-order valence-electron chi connectivity index (χ2n) is 6.15. The first-order chi connectivity index (χ1) is 10.8. The maximum absolute atomic E-state index is 5.15. The van der Waals surface area contributed by atoms with Gasteiger partial charge in [-0.1, -0.05) is 0 Å². The Morgan fingerprint density at radius 3 is 2.91 bits per heavy atom. The lowest BCUT2D eigenvalue weighted by atomic mass is 10.2. The zero-order chi connectivity index (χ0) is 15.1. The zero-order valence-electron chi connectivity index (χ0n) is 12.9. The highest BCUT2D eigenvalue weighted by molar-refractivity contribution is 5.40. The highest BCUT2D eigenvalue weighted by Gasteiger charge is 2.34. The lowest BCUT2D eigenvalue weighted by molar-refractivity contribution is 0.181. The average molecular weight is 300 g/mol. The second-order valence-corrected chi connectivity index (χ2v) is 6.15. The number of fused-ring (bicyclic) bond motifs is 1. The molecule has 0 bridgehead atoms. The molecule has 1 saturated carbocycles. The minimum Gasteiger partial charge on any atom is -0.378 e. The summed E-state index contributed by atoms with van der Waals surface area (Å²) in [5, 5.41) is 8.82. The van der Waals surface area contributed by atoms with Crippen molar-refractivity contribution < 1.29 is 4.74 Å². The van der Waals surface area contributed by atoms with Gasteiger partial charge < -0.3 is 14.2 Å². The first-order valence-electron chi connectivity index (χ1n) is 7.74. The lowest BCUT2D eigenvalue weighted by Gasteiger charge is -2.33. The van der Waals surface area contributed by atoms with Gasteiger partial charge in [-0.2, -0.15) is 0 Å². The van der Waals surface area contributed by atoms with Crippen molar-refractivity contribution in [3.05, 3.63) is 29.7 Å². The molecule has 2 aromatic rings. The smallest absolute Gasteiger partial charge is 0.152 e. The number of hydrogen-bond acceptors (Lipinski definition) is 6. The fraction of sp³-hybridized carbons (Fsp3) is 0.600. The molecule has 0 unspecified atom stereocenters. The van der Waals surface area contributed by atoms with Crippen LogP contribution in [0, 0.1) is 0 Å². The van der Waals surface area contributed by atoms with Gasteiger partial charge in [0.1, 0.15) is 18.0 Å². The van der Waals surface area contributed by atoms with Gasteiger partial charge in [0.15, 0.2) is 5.82 Å². The van der Waals surface area contributed by atoms with Gasteiger partial charge in [-0.05, 0) is 19.8 Å². The second kappa shape index (κ2) is 5.31. The van der Waals surface area contributed by atoms with Crippen molar-refractivity contribution in [2.45, 2.75) is 44.9 Å². The largest absolute Gasteiger partial charge is 0.378 e. The third-order valence-electron chi connectivity index (χ3n) is 4.32. The Morgan fingerprint density at radius 2 is 2.14 bits per heavy atom. The number of ether oxygens (including phenoxy) is 1. The van der Waals surface area contributed by atoms with Gasteiger partial charge in [0.25, 0.3) is 0 Å². The molecular weight excluding hydrogens is 280 g/mol. The maximum atomic E-state index is 5.15. The summed E-state index contributed by atoms with van der Waals surface area (Å²) in [7, 11) is 1.67. The predicted molar refractivity (Wildman–Crippen MR) is 80.5 cm³/mol. The van der Waals surface area contributed by atoms with Crippen molar-refractivity contribution >= 4 is 5.82 Å². The van der Waals surface area contributed by atoms with Gasteiger partial charge in [-0.15, -0.1) is 10.2 Å². The fourth-order valence-electron chi connectivity index (χ4n) is 3.14. The third kappa shape index (κ3) is 2.35. The van der Waals surface area contributed by atoms with Crippen LogP contribution < -0.4 is 4.90 Å². The first kappa shape index (κ1) is 13.6. The molecule has 0 spiro atoms. The molecular formula is C15H20N6O. The number of hydrogen-bond donors (Lipinski definition) is 0. The summed E-state index contributed by atoms with van der Waals surface area (Å²) in [6.07, 6.45) is 4.10. The van der Waals surface area contributed by atoms with Crippen LogP contribution in [-0.4, -0.2) is 38.4 Å². The molecule has 0 radical (unpaired) electrons. The minimum atomic E-state index is 0.357. The molecule has 116 valence electrons. The van der Waals surface area contributed by atoms with Gasteiger partial charge in [0.05, 0.1) is 24.9 Å². The molecule has 0 saturated heterocycles. The Hall–Kier alpha value is -2.02. The Labute approximate surface area is 129 Å². The number of methoxy groups -OCH3 is 1. The normalized spacial score (nSPS) is 21.0. The van der Waals surface area contributed by atoms with Crippen LogP contribution in [0.2, 0.25) is 0 Å². The van der Waals surface area contributed by atoms with E-state index < -0.39 is 0 Å². The van der Waals surface area contributed by atoms with Crippen molar-refractivity contribution in [1.29, 1.82) is 0 Å². The summed E-state index contributed by atoms with van der Waals surface area (Å²) in [4.78, 5) is 10.9. The van der Waals surface area contributed by atoms with Crippen LogP contribution in [-0.2, 0) is 17.9 Å². The lowest BCUT2D eigenvalue weighted by Crippen LogP contribution is -2.37. The SMILES string of the molecule is COCc1cc(N2Cc3nnc(C4CC4)n3[C@@H](C)C2)ncn1. The van der Waals surface area contributed by atoms with E-state index in [1.165, 1.54) is 18.7 Å². The quantitative estimate of drug-likeness (QED) is 0.855. The average Bonchev–Trinajstić information content (AvgIpc) is 3.27. The van der Waals surface area contributed by atoms with E-state index in [0.717, 1.165) is 30.4 Å². The Balaban J connectivity index is 1.61. The van der Waals surface area contributed by atoms with Crippen LogP contribution in [0.5, 0.6) is 0 Å². The van der Waals surface area contributed by atoms with E-state index in [1.54, 1.807) is 13.4 Å². The van der Waals surface area contributed by atoms with Crippen LogP contribution in [0.1, 0.15) is 49.1 Å². The summed E-state index contributed by atoms with van der Waals surface area (Å²) < 4.78 is 7.47. The molecule has 1 aliphatic carbocycles. The molecule has 4 rings (SSSR count). The zero-order valence-corrected chi connectivity index (χ0v) is 12.9. The van der Waals surface area contributed by atoms with Crippen LogP contribution in [0.4, 0.5) is 5.82 Å². The molecule has 0 aromatic carbocycles. The standard InChI is InChI=1S/C15H20N6O/c1-10-6-20(13-5-12(8-22-2)16-9-17-13)7-14-18-19-15(21(10)14)11-3-4-11/h5,9-11H,3-4,6-8H2,1-2H3/t10-/m0/s1. The highest BCUT2D eigenvalue weighted by atomic mass is 16.5. The van der Waals surface area contributed by atoms with E-state index in [9.17, 15) is 0 Å². The summed E-state index contributed by atoms with van der Waals surface area (Å²) in [5.74, 6) is 3.76. The van der Waals surface area contributed by atoms with Crippen molar-refractivity contribution in [3.8, 4) is 0 Å². The Morgan fingerprint density at radius 1 is 1.27 bits per heavy atom. The molecule has 1 aliphatic heterocycles. The highest BCUT2D eigenvalue weighted by Crippen LogP contribution is 2.41. The Bertz CT molecular complexity index is 680. The third-order valence-corrected chi connectivity index (χ3v) is 4.32. The van der Waals surface area contributed by atoms with E-state index >= 15 is 0 Å². The van der Waals surface area contributed by atoms with Crippen molar-refractivity contribution in [1.82, 2.24) is 24.7 Å². The molecule has 7 heteroatoms. The van der Waals surface area contributed by atoms with E-state index in [4.69, 9.17) is 4.74 Å². The topological polar surface area (TPSA) is 69.0 Å². The predicted octanol–water partition coefficient (Wildman–Crippen LogP) is 1.67. The van der Waals surface area contributed by atoms with Gasteiger partial charge >= 0.3 is 0 Å². The van der Waals surface area contributed by atoms with Gasteiger partial charge in [-0.3, -0.25) is 0 Å². The Kier molecular flexibility index (Phi) is 3.29. The number of rotatable bonds is 4. The van der Waals surface area contributed by atoms with Gasteiger partial charge in [0, 0.05) is 25.6 Å². The molecule has 1 atom stereocenters. The van der Waals surface area contributed by atoms with Gasteiger partial charge in [0.2, 0.25) is 0 Å². The maximum Gasteiger partial charge on any atom is 0.152 e. The van der Waals surface area contributed by atoms with Gasteiger partial charge in [-0.25, -0.2) is 9.97 Å². The van der Waals surface area contributed by atoms with E-state index in [-0.39, 0.29) is 0 Å². The summed E-state index contributed by atoms with van der Waals surface area (Å²) in [5.41, 5.74) is 0.894. The van der Waals surface area contributed by atoms with Crippen molar-refractivity contribution in [2.75, 3.05) is 18.6 Å². The molecule has 1 fully saturated rings. The van der Waals surface area contributed by atoms with Crippen LogP contribution in [0.25, 0.3) is 0 Å². The summed E-state index contributed by atoms with van der Waals surface area (Å²) in [6.45, 7) is 4.38. The summed E-state index contributed by atoms with van der Waals surface area (Å²) >= 11 is 0. The number of anilines is 1. The molecule has 2 aromatic heterocycles. The molecule has 0 amide bonds. The van der Waals surface area contributed by atoms with E-state index in [0.29, 0.717) is 18.6 Å². The van der Waals surface area contributed by atoms with E-state index in [1.807, 2.05) is 6.07 Å². The minimum absolute atomic E-state index is 0.357. The molecule has 7 nitrogen and oxygen atoms in total. The van der Waals surface area contributed by atoms with Crippen LogP contribution >= 0.6 is 0 Å². The van der Waals surface area contributed by atoms with Crippen molar-refractivity contribution in [2.24, 2.45) is 0 Å². The molecule has 22 heavy (non-hydrogen) atoms. The monoisotopic (exact) mass is 300 g/mol. The molecule has 2 aliphatic rings. The summed E-state index contributed by atoms with van der Waals surface area (Å²) in [6, 6.07) is 2.35. The van der Waals surface area contributed by atoms with Crippen molar-refractivity contribution in [3.63, 3.8) is 0 Å². The van der Waals surface area contributed by atoms with E-state index in [2.05, 4.69) is 36.6 Å². The molecule has 0 N–H and O–H groups in total. The first-order valence-corrected chi connectivity index (χ1v) is 7.74. The van der Waals surface area contributed by atoms with Crippen LogP contribution in [0.3, 0.4) is 0 Å². The number of nitrogens with zero attached hydrogens (tertiary/aromatic N) is 6. The number of aromatic nitrogens is 5. The fourth-order valence-corrected chi connectivity index (χ4v) is 3.14.